The van der Waals surface area contributed by atoms with Crippen molar-refractivity contribution in [2.24, 2.45) is 4.99 Å². The second-order valence-electron chi connectivity index (χ2n) is 6.63. The highest BCUT2D eigenvalue weighted by Gasteiger charge is 2.48. The molecule has 2 aliphatic heterocycles. The number of nitrogens with one attached hydrogen (secondary N) is 1. The Labute approximate surface area is 152 Å². The van der Waals surface area contributed by atoms with E-state index in [1.54, 1.807) is 18.8 Å². The molecule has 0 bridgehead atoms. The molecular formula is C18H24N4O2S. The maximum absolute atomic E-state index is 12.5. The number of likely N-dealkylation sites (N-methyl/N-ethyl adjacent to an activating group) is 1. The molecule has 0 spiro atoms. The maximum Gasteiger partial charge on any atom is 0.325 e. The third-order valence-corrected chi connectivity index (χ3v) is 5.96. The quantitative estimate of drug-likeness (QED) is 0.896. The molecule has 1 fully saturated rings. The van der Waals surface area contributed by atoms with Crippen molar-refractivity contribution < 1.29 is 9.59 Å². The highest BCUT2D eigenvalue weighted by atomic mass is 32.2. The van der Waals surface area contributed by atoms with Gasteiger partial charge in [0, 0.05) is 18.8 Å². The molecular weight excluding hydrogens is 336 g/mol. The predicted molar refractivity (Wildman–Crippen MR) is 100 cm³/mol. The molecule has 3 rings (SSSR count). The van der Waals surface area contributed by atoms with Crippen LogP contribution in [0.4, 0.5) is 4.79 Å². The van der Waals surface area contributed by atoms with Gasteiger partial charge in [-0.1, -0.05) is 55.4 Å². The molecule has 3 unspecified atom stereocenters. The molecule has 1 saturated heterocycles. The van der Waals surface area contributed by atoms with Crippen LogP contribution < -0.4 is 5.32 Å². The van der Waals surface area contributed by atoms with Crippen LogP contribution in [0.1, 0.15) is 31.4 Å². The first-order chi connectivity index (χ1) is 11.9. The fourth-order valence-corrected chi connectivity index (χ4v) is 3.93. The molecule has 25 heavy (non-hydrogen) atoms. The Morgan fingerprint density at radius 2 is 1.96 bits per heavy atom. The Kier molecular flexibility index (Phi) is 5.03. The van der Waals surface area contributed by atoms with E-state index in [0.717, 1.165) is 17.2 Å². The Morgan fingerprint density at radius 1 is 1.28 bits per heavy atom. The SMILES string of the molecule is CCC(C)SC1=NC2C(C(=O)NC(=O)N2C)N1Cc1ccc(C)cc1. The predicted octanol–water partition coefficient (Wildman–Crippen LogP) is 2.57. The van der Waals surface area contributed by atoms with Crippen molar-refractivity contribution in [1.82, 2.24) is 15.1 Å². The lowest BCUT2D eigenvalue weighted by Gasteiger charge is -2.36. The number of aliphatic imine (C=N–C) groups is 1. The highest BCUT2D eigenvalue weighted by Crippen LogP contribution is 2.32. The van der Waals surface area contributed by atoms with Crippen LogP contribution in [0.3, 0.4) is 0 Å². The monoisotopic (exact) mass is 360 g/mol. The van der Waals surface area contributed by atoms with Crippen molar-refractivity contribution in [2.75, 3.05) is 7.05 Å². The van der Waals surface area contributed by atoms with Gasteiger partial charge in [0.15, 0.2) is 17.4 Å². The van der Waals surface area contributed by atoms with Gasteiger partial charge in [-0.25, -0.2) is 9.79 Å². The van der Waals surface area contributed by atoms with Crippen LogP contribution in [-0.4, -0.2) is 51.4 Å². The number of carbonyl (C=O) groups excluding carboxylic acids is 2. The first-order valence-electron chi connectivity index (χ1n) is 8.55. The summed E-state index contributed by atoms with van der Waals surface area (Å²) in [5.41, 5.74) is 2.32. The van der Waals surface area contributed by atoms with E-state index < -0.39 is 12.2 Å². The second-order valence-corrected chi connectivity index (χ2v) is 8.03. The second kappa shape index (κ2) is 7.07. The molecule has 3 amide bonds. The lowest BCUT2D eigenvalue weighted by atomic mass is 10.1. The largest absolute Gasteiger partial charge is 0.331 e. The van der Waals surface area contributed by atoms with Gasteiger partial charge in [0.25, 0.3) is 5.91 Å². The Hall–Kier alpha value is -2.02. The number of nitrogens with zero attached hydrogens (tertiary/aromatic N) is 3. The van der Waals surface area contributed by atoms with Gasteiger partial charge >= 0.3 is 6.03 Å². The number of rotatable bonds is 4. The van der Waals surface area contributed by atoms with Crippen LogP contribution >= 0.6 is 11.8 Å². The Balaban J connectivity index is 1.90. The molecule has 6 nitrogen and oxygen atoms in total. The average Bonchev–Trinajstić information content (AvgIpc) is 2.93. The third kappa shape index (κ3) is 3.51. The number of aryl methyl sites for hydroxylation is 1. The molecule has 7 heteroatoms. The van der Waals surface area contributed by atoms with Crippen LogP contribution in [0.15, 0.2) is 29.3 Å². The number of hydrogen-bond acceptors (Lipinski definition) is 5. The molecule has 1 aromatic rings. The smallest absolute Gasteiger partial charge is 0.325 e. The summed E-state index contributed by atoms with van der Waals surface area (Å²) in [6.07, 6.45) is 0.552. The summed E-state index contributed by atoms with van der Waals surface area (Å²) in [4.78, 5) is 32.7. The highest BCUT2D eigenvalue weighted by molar-refractivity contribution is 8.14. The van der Waals surface area contributed by atoms with Gasteiger partial charge in [-0.3, -0.25) is 10.1 Å². The van der Waals surface area contributed by atoms with Crippen molar-refractivity contribution in [3.05, 3.63) is 35.4 Å². The Morgan fingerprint density at radius 3 is 2.60 bits per heavy atom. The zero-order valence-electron chi connectivity index (χ0n) is 15.0. The topological polar surface area (TPSA) is 65.0 Å². The van der Waals surface area contributed by atoms with Crippen LogP contribution in [0.25, 0.3) is 0 Å². The van der Waals surface area contributed by atoms with E-state index in [1.165, 1.54) is 10.5 Å². The summed E-state index contributed by atoms with van der Waals surface area (Å²) in [7, 11) is 1.68. The molecule has 134 valence electrons. The van der Waals surface area contributed by atoms with E-state index in [0.29, 0.717) is 11.8 Å². The number of urea groups is 1. The third-order valence-electron chi connectivity index (χ3n) is 4.68. The fraction of sp³-hybridized carbons (Fsp3) is 0.500. The molecule has 0 aromatic heterocycles. The number of carbonyl (C=O) groups is 2. The minimum Gasteiger partial charge on any atom is -0.331 e. The van der Waals surface area contributed by atoms with Crippen molar-refractivity contribution in [3.63, 3.8) is 0 Å². The van der Waals surface area contributed by atoms with E-state index in [9.17, 15) is 9.59 Å². The summed E-state index contributed by atoms with van der Waals surface area (Å²) >= 11 is 1.67. The molecule has 2 aliphatic rings. The molecule has 0 radical (unpaired) electrons. The molecule has 2 heterocycles. The first kappa shape index (κ1) is 17.8. The number of imide groups is 1. The van der Waals surface area contributed by atoms with E-state index >= 15 is 0 Å². The number of amidine groups is 1. The van der Waals surface area contributed by atoms with Gasteiger partial charge in [0.05, 0.1) is 0 Å². The summed E-state index contributed by atoms with van der Waals surface area (Å²) < 4.78 is 0. The lowest BCUT2D eigenvalue weighted by Crippen LogP contribution is -2.63. The zero-order chi connectivity index (χ0) is 18.1. The van der Waals surface area contributed by atoms with Crippen molar-refractivity contribution in [3.8, 4) is 0 Å². The normalized spacial score (nSPS) is 24.1. The van der Waals surface area contributed by atoms with Crippen LogP contribution in [0.5, 0.6) is 0 Å². The first-order valence-corrected chi connectivity index (χ1v) is 9.43. The minimum absolute atomic E-state index is 0.274. The number of thioether (sulfide) groups is 1. The van der Waals surface area contributed by atoms with Crippen molar-refractivity contribution in [2.45, 2.75) is 51.2 Å². The summed E-state index contributed by atoms with van der Waals surface area (Å²) in [6.45, 7) is 6.93. The molecule has 0 aliphatic carbocycles. The number of fused-ring (bicyclic) bond motifs is 1. The van der Waals surface area contributed by atoms with E-state index in [2.05, 4.69) is 50.4 Å². The average molecular weight is 360 g/mol. The van der Waals surface area contributed by atoms with Gasteiger partial charge in [-0.15, -0.1) is 0 Å². The van der Waals surface area contributed by atoms with Gasteiger partial charge in [-0.2, -0.15) is 0 Å². The van der Waals surface area contributed by atoms with Crippen molar-refractivity contribution >= 4 is 28.9 Å². The number of amides is 3. The van der Waals surface area contributed by atoms with Crippen molar-refractivity contribution in [1.29, 1.82) is 0 Å². The van der Waals surface area contributed by atoms with Crippen LogP contribution in [0, 0.1) is 6.92 Å². The molecule has 3 atom stereocenters. The van der Waals surface area contributed by atoms with E-state index in [-0.39, 0.29) is 11.9 Å². The van der Waals surface area contributed by atoms with Gasteiger partial charge < -0.3 is 9.80 Å². The maximum atomic E-state index is 12.5. The zero-order valence-corrected chi connectivity index (χ0v) is 15.8. The van der Waals surface area contributed by atoms with Crippen LogP contribution in [-0.2, 0) is 11.3 Å². The van der Waals surface area contributed by atoms with Gasteiger partial charge in [0.1, 0.15) is 0 Å². The summed E-state index contributed by atoms with van der Waals surface area (Å²) in [5, 5.41) is 3.66. The lowest BCUT2D eigenvalue weighted by molar-refractivity contribution is -0.127. The number of hydrogen-bond donors (Lipinski definition) is 1. The fourth-order valence-electron chi connectivity index (χ4n) is 2.92. The van der Waals surface area contributed by atoms with Gasteiger partial charge in [-0.05, 0) is 18.9 Å². The Bertz CT molecular complexity index is 704. The molecule has 1 aromatic carbocycles. The minimum atomic E-state index is -0.476. The summed E-state index contributed by atoms with van der Waals surface area (Å²) in [5.74, 6) is -0.274. The number of benzene rings is 1. The van der Waals surface area contributed by atoms with Gasteiger partial charge in [0.2, 0.25) is 0 Å². The standard InChI is InChI=1S/C18H24N4O2S/c1-5-12(3)25-18-19-15-14(16(23)20-17(24)21(15)4)22(18)10-13-8-6-11(2)7-9-13/h6-9,12,14-15H,5,10H2,1-4H3,(H,20,23,24). The van der Waals surface area contributed by atoms with E-state index in [4.69, 9.17) is 4.99 Å². The summed E-state index contributed by atoms with van der Waals surface area (Å²) in [6, 6.07) is 7.42. The van der Waals surface area contributed by atoms with E-state index in [1.807, 2.05) is 4.90 Å². The van der Waals surface area contributed by atoms with Crippen LogP contribution in [0.2, 0.25) is 0 Å². The molecule has 0 saturated carbocycles. The molecule has 1 N–H and O–H groups in total.